The fourth-order valence-corrected chi connectivity index (χ4v) is 5.56. The minimum absolute atomic E-state index is 0.101. The van der Waals surface area contributed by atoms with Gasteiger partial charge in [-0.15, -0.1) is 10.2 Å². The van der Waals surface area contributed by atoms with Crippen LogP contribution in [0.25, 0.3) is 0 Å². The van der Waals surface area contributed by atoms with Gasteiger partial charge in [0.2, 0.25) is 15.9 Å². The number of nitrogens with zero attached hydrogens (tertiary/aromatic N) is 5. The molecule has 1 saturated heterocycles. The van der Waals surface area contributed by atoms with E-state index in [1.54, 1.807) is 18.2 Å². The Morgan fingerprint density at radius 1 is 1.07 bits per heavy atom. The number of fused-ring (bicyclic) bond motifs is 1. The number of amides is 1. The van der Waals surface area contributed by atoms with Crippen LogP contribution in [0.5, 0.6) is 0 Å². The topological polar surface area (TPSA) is 88.4 Å². The maximum absolute atomic E-state index is 12.7. The highest BCUT2D eigenvalue weighted by Crippen LogP contribution is 2.30. The second-order valence-electron chi connectivity index (χ2n) is 8.37. The molecule has 0 atom stereocenters. The molecule has 4 rings (SSSR count). The van der Waals surface area contributed by atoms with Crippen LogP contribution in [0.2, 0.25) is 0 Å². The molecule has 1 fully saturated rings. The highest BCUT2D eigenvalue weighted by Gasteiger charge is 2.34. The normalized spacial score (nSPS) is 18.6. The third kappa shape index (κ3) is 4.13. The van der Waals surface area contributed by atoms with Crippen LogP contribution < -0.4 is 0 Å². The van der Waals surface area contributed by atoms with E-state index in [0.717, 1.165) is 30.1 Å². The number of aromatic nitrogens is 3. The van der Waals surface area contributed by atoms with Crippen LogP contribution in [0, 0.1) is 0 Å². The Bertz CT molecular complexity index is 995. The summed E-state index contributed by atoms with van der Waals surface area (Å²) in [5, 5.41) is 8.39. The van der Waals surface area contributed by atoms with E-state index in [1.807, 2.05) is 35.2 Å². The third-order valence-corrected chi connectivity index (χ3v) is 8.38. The van der Waals surface area contributed by atoms with Gasteiger partial charge in [0.05, 0.1) is 18.2 Å². The zero-order chi connectivity index (χ0) is 21.3. The predicted molar refractivity (Wildman–Crippen MR) is 113 cm³/mol. The molecule has 2 aliphatic rings. The van der Waals surface area contributed by atoms with Gasteiger partial charge < -0.3 is 9.47 Å². The molecule has 0 aliphatic carbocycles. The van der Waals surface area contributed by atoms with Gasteiger partial charge in [-0.2, -0.15) is 0 Å². The first-order valence-electron chi connectivity index (χ1n) is 10.6. The number of sulfonamides is 1. The summed E-state index contributed by atoms with van der Waals surface area (Å²) < 4.78 is 28.5. The molecule has 30 heavy (non-hydrogen) atoms. The van der Waals surface area contributed by atoms with Crippen LogP contribution in [-0.2, 0) is 34.3 Å². The first kappa shape index (κ1) is 21.0. The minimum Gasteiger partial charge on any atom is -0.333 e. The summed E-state index contributed by atoms with van der Waals surface area (Å²) in [7, 11) is -3.21. The standard InChI is InChI=1S/C21H29N5O3S/c1-16(2)30(28,29)25-10-8-18(9-11-25)21-23-22-19-15-24(12-13-26(19)21)20(27)14-17-6-4-3-5-7-17/h3-7,16,18H,8-15H2,1-2H3. The summed E-state index contributed by atoms with van der Waals surface area (Å²) in [6.45, 7) is 6.29. The molecule has 2 aliphatic heterocycles. The quantitative estimate of drug-likeness (QED) is 0.720. The Morgan fingerprint density at radius 2 is 1.77 bits per heavy atom. The van der Waals surface area contributed by atoms with Crippen LogP contribution in [0.1, 0.15) is 49.8 Å². The molecule has 9 heteroatoms. The van der Waals surface area contributed by atoms with Crippen molar-refractivity contribution in [1.82, 2.24) is 24.0 Å². The minimum atomic E-state index is -3.21. The molecule has 0 unspecified atom stereocenters. The van der Waals surface area contributed by atoms with Crippen molar-refractivity contribution in [3.8, 4) is 0 Å². The fraction of sp³-hybridized carbons (Fsp3) is 0.571. The van der Waals surface area contributed by atoms with Crippen molar-refractivity contribution in [3.05, 3.63) is 47.5 Å². The number of hydrogen-bond acceptors (Lipinski definition) is 5. The molecular formula is C21H29N5O3S. The van der Waals surface area contributed by atoms with Gasteiger partial charge in [-0.05, 0) is 32.3 Å². The van der Waals surface area contributed by atoms with E-state index in [2.05, 4.69) is 14.8 Å². The molecule has 0 bridgehead atoms. The maximum Gasteiger partial charge on any atom is 0.227 e. The monoisotopic (exact) mass is 431 g/mol. The molecular weight excluding hydrogens is 402 g/mol. The van der Waals surface area contributed by atoms with Gasteiger partial charge in [0.25, 0.3) is 0 Å². The number of carbonyl (C=O) groups is 1. The van der Waals surface area contributed by atoms with Crippen LogP contribution >= 0.6 is 0 Å². The molecule has 1 aromatic carbocycles. The number of benzene rings is 1. The van der Waals surface area contributed by atoms with Crippen molar-refractivity contribution in [2.45, 2.75) is 57.4 Å². The molecule has 0 N–H and O–H groups in total. The van der Waals surface area contributed by atoms with E-state index in [9.17, 15) is 13.2 Å². The third-order valence-electron chi connectivity index (χ3n) is 6.11. The Labute approximate surface area is 177 Å². The molecule has 0 saturated carbocycles. The van der Waals surface area contributed by atoms with Crippen LogP contribution in [0.3, 0.4) is 0 Å². The van der Waals surface area contributed by atoms with Crippen LogP contribution in [0.15, 0.2) is 30.3 Å². The molecule has 1 aromatic heterocycles. The second kappa shape index (κ2) is 8.47. The second-order valence-corrected chi connectivity index (χ2v) is 10.9. The largest absolute Gasteiger partial charge is 0.333 e. The van der Waals surface area contributed by atoms with Gasteiger partial charge in [-0.3, -0.25) is 4.79 Å². The maximum atomic E-state index is 12.7. The predicted octanol–water partition coefficient (Wildman–Crippen LogP) is 1.78. The molecule has 0 radical (unpaired) electrons. The first-order valence-corrected chi connectivity index (χ1v) is 12.1. The van der Waals surface area contributed by atoms with Crippen molar-refractivity contribution < 1.29 is 13.2 Å². The Balaban J connectivity index is 1.39. The lowest BCUT2D eigenvalue weighted by atomic mass is 9.97. The van der Waals surface area contributed by atoms with Gasteiger partial charge in [-0.25, -0.2) is 12.7 Å². The average molecular weight is 432 g/mol. The molecule has 2 aromatic rings. The van der Waals surface area contributed by atoms with Crippen LogP contribution in [-0.4, -0.2) is 63.2 Å². The van der Waals surface area contributed by atoms with Gasteiger partial charge in [0, 0.05) is 32.1 Å². The summed E-state index contributed by atoms with van der Waals surface area (Å²) in [4.78, 5) is 14.5. The summed E-state index contributed by atoms with van der Waals surface area (Å²) in [6, 6.07) is 9.77. The van der Waals surface area contributed by atoms with Gasteiger partial charge >= 0.3 is 0 Å². The van der Waals surface area contributed by atoms with E-state index < -0.39 is 15.3 Å². The Hall–Kier alpha value is -2.26. The molecule has 0 spiro atoms. The lowest BCUT2D eigenvalue weighted by molar-refractivity contribution is -0.132. The summed E-state index contributed by atoms with van der Waals surface area (Å²) in [6.07, 6.45) is 1.89. The van der Waals surface area contributed by atoms with E-state index >= 15 is 0 Å². The number of rotatable bonds is 5. The SMILES string of the molecule is CC(C)S(=O)(=O)N1CCC(c2nnc3n2CCN(C(=O)Cc2ccccc2)C3)CC1. The Morgan fingerprint density at radius 3 is 2.43 bits per heavy atom. The Kier molecular flexibility index (Phi) is 5.92. The van der Waals surface area contributed by atoms with Crippen LogP contribution in [0.4, 0.5) is 0 Å². The molecule has 8 nitrogen and oxygen atoms in total. The number of carbonyl (C=O) groups excluding carboxylic acids is 1. The van der Waals surface area contributed by atoms with Crippen molar-refractivity contribution in [1.29, 1.82) is 0 Å². The molecule has 162 valence electrons. The summed E-state index contributed by atoms with van der Waals surface area (Å²) >= 11 is 0. The van der Waals surface area contributed by atoms with Crippen molar-refractivity contribution in [2.75, 3.05) is 19.6 Å². The van der Waals surface area contributed by atoms with E-state index in [-0.39, 0.29) is 11.8 Å². The summed E-state index contributed by atoms with van der Waals surface area (Å²) in [5.41, 5.74) is 1.01. The smallest absolute Gasteiger partial charge is 0.227 e. The van der Waals surface area contributed by atoms with Gasteiger partial charge in [0.1, 0.15) is 5.82 Å². The van der Waals surface area contributed by atoms with E-state index in [0.29, 0.717) is 39.1 Å². The fourth-order valence-electron chi connectivity index (χ4n) is 4.24. The lowest BCUT2D eigenvalue weighted by Crippen LogP contribution is -2.42. The van der Waals surface area contributed by atoms with E-state index in [1.165, 1.54) is 0 Å². The van der Waals surface area contributed by atoms with Gasteiger partial charge in [-0.1, -0.05) is 30.3 Å². The van der Waals surface area contributed by atoms with E-state index in [4.69, 9.17) is 0 Å². The summed E-state index contributed by atoms with van der Waals surface area (Å²) in [5.74, 6) is 2.05. The zero-order valence-corrected chi connectivity index (χ0v) is 18.4. The average Bonchev–Trinajstić information content (AvgIpc) is 3.17. The molecule has 1 amide bonds. The first-order chi connectivity index (χ1) is 14.4. The van der Waals surface area contributed by atoms with Gasteiger partial charge in [0.15, 0.2) is 5.82 Å². The highest BCUT2D eigenvalue weighted by atomic mass is 32.2. The van der Waals surface area contributed by atoms with Crippen molar-refractivity contribution >= 4 is 15.9 Å². The zero-order valence-electron chi connectivity index (χ0n) is 17.6. The number of piperidine rings is 1. The highest BCUT2D eigenvalue weighted by molar-refractivity contribution is 7.89. The van der Waals surface area contributed by atoms with Crippen molar-refractivity contribution in [2.24, 2.45) is 0 Å². The number of hydrogen-bond donors (Lipinski definition) is 0. The lowest BCUT2D eigenvalue weighted by Gasteiger charge is -2.33. The molecule has 3 heterocycles. The van der Waals surface area contributed by atoms with Crippen molar-refractivity contribution in [3.63, 3.8) is 0 Å².